The maximum atomic E-state index is 12.2. The van der Waals surface area contributed by atoms with Crippen LogP contribution in [0.25, 0.3) is 0 Å². The van der Waals surface area contributed by atoms with E-state index in [9.17, 15) is 4.79 Å². The van der Waals surface area contributed by atoms with E-state index in [-0.39, 0.29) is 5.92 Å². The monoisotopic (exact) mass is 259 g/mol. The first-order valence-electron chi connectivity index (χ1n) is 7.54. The molecule has 2 nitrogen and oxygen atoms in total. The van der Waals surface area contributed by atoms with Gasteiger partial charge in [-0.25, -0.2) is 0 Å². The van der Waals surface area contributed by atoms with Gasteiger partial charge in [-0.3, -0.25) is 4.79 Å². The van der Waals surface area contributed by atoms with Crippen LogP contribution in [0.1, 0.15) is 50.5 Å². The molecule has 19 heavy (non-hydrogen) atoms. The summed E-state index contributed by atoms with van der Waals surface area (Å²) < 4.78 is 0. The lowest BCUT2D eigenvalue weighted by Gasteiger charge is -2.12. The summed E-state index contributed by atoms with van der Waals surface area (Å²) in [5.74, 6) is 1.87. The van der Waals surface area contributed by atoms with Crippen molar-refractivity contribution in [2.24, 2.45) is 17.6 Å². The summed E-state index contributed by atoms with van der Waals surface area (Å²) in [6.45, 7) is 2.93. The van der Waals surface area contributed by atoms with Crippen LogP contribution in [0.3, 0.4) is 0 Å². The molecule has 0 amide bonds. The average molecular weight is 259 g/mol. The lowest BCUT2D eigenvalue weighted by Crippen LogP contribution is -2.11. The second-order valence-corrected chi connectivity index (χ2v) is 5.72. The highest BCUT2D eigenvalue weighted by atomic mass is 16.1. The molecule has 2 heteroatoms. The van der Waals surface area contributed by atoms with Crippen molar-refractivity contribution in [3.8, 4) is 0 Å². The largest absolute Gasteiger partial charge is 0.330 e. The van der Waals surface area contributed by atoms with E-state index >= 15 is 0 Å². The van der Waals surface area contributed by atoms with Crippen LogP contribution in [0.15, 0.2) is 30.3 Å². The summed E-state index contributed by atoms with van der Waals surface area (Å²) in [5, 5.41) is 0. The van der Waals surface area contributed by atoms with E-state index in [1.807, 2.05) is 6.07 Å². The molecule has 1 aromatic carbocycles. The fraction of sp³-hybridized carbons (Fsp3) is 0.588. The molecule has 0 radical (unpaired) electrons. The second-order valence-electron chi connectivity index (χ2n) is 5.72. The smallest absolute Gasteiger partial charge is 0.136 e. The van der Waals surface area contributed by atoms with Crippen molar-refractivity contribution >= 4 is 5.78 Å². The molecular weight excluding hydrogens is 234 g/mol. The summed E-state index contributed by atoms with van der Waals surface area (Å²) >= 11 is 0. The minimum Gasteiger partial charge on any atom is -0.330 e. The Kier molecular flexibility index (Phi) is 5.15. The molecule has 0 spiro atoms. The van der Waals surface area contributed by atoms with Gasteiger partial charge in [0.1, 0.15) is 5.78 Å². The Morgan fingerprint density at radius 3 is 2.68 bits per heavy atom. The number of Topliss-reactive ketones (excluding diaryl/α,β-unsaturated/α-hetero) is 1. The molecule has 104 valence electrons. The fourth-order valence-electron chi connectivity index (χ4n) is 2.94. The van der Waals surface area contributed by atoms with Gasteiger partial charge in [0.25, 0.3) is 0 Å². The highest BCUT2D eigenvalue weighted by Gasteiger charge is 2.42. The Balaban J connectivity index is 1.77. The Labute approximate surface area is 116 Å². The minimum atomic E-state index is 0.290. The summed E-state index contributed by atoms with van der Waals surface area (Å²) in [4.78, 5) is 12.2. The van der Waals surface area contributed by atoms with Crippen LogP contribution in [-0.2, 0) is 4.79 Å². The molecule has 0 heterocycles. The predicted molar refractivity (Wildman–Crippen MR) is 79.0 cm³/mol. The van der Waals surface area contributed by atoms with Crippen LogP contribution in [0, 0.1) is 11.8 Å². The van der Waals surface area contributed by atoms with E-state index in [4.69, 9.17) is 5.73 Å². The van der Waals surface area contributed by atoms with Crippen molar-refractivity contribution < 1.29 is 4.79 Å². The van der Waals surface area contributed by atoms with Gasteiger partial charge in [0, 0.05) is 12.3 Å². The zero-order valence-corrected chi connectivity index (χ0v) is 11.8. The molecule has 2 N–H and O–H groups in total. The number of hydrogen-bond donors (Lipinski definition) is 1. The van der Waals surface area contributed by atoms with Crippen molar-refractivity contribution in [3.63, 3.8) is 0 Å². The van der Waals surface area contributed by atoms with Crippen LogP contribution in [0.2, 0.25) is 0 Å². The van der Waals surface area contributed by atoms with Crippen molar-refractivity contribution in [1.82, 2.24) is 0 Å². The SMILES string of the molecule is CCC(CCN)CCC(=O)C1CC1c1ccccc1. The molecule has 0 bridgehead atoms. The number of rotatable bonds is 8. The van der Waals surface area contributed by atoms with E-state index in [0.717, 1.165) is 38.6 Å². The Hall–Kier alpha value is -1.15. The zero-order valence-electron chi connectivity index (χ0n) is 11.8. The van der Waals surface area contributed by atoms with Crippen molar-refractivity contribution in [2.75, 3.05) is 6.54 Å². The van der Waals surface area contributed by atoms with E-state index in [1.54, 1.807) is 0 Å². The molecule has 1 aromatic rings. The summed E-state index contributed by atoms with van der Waals surface area (Å²) in [6.07, 6.45) is 5.00. The lowest BCUT2D eigenvalue weighted by atomic mass is 9.94. The zero-order chi connectivity index (χ0) is 13.7. The van der Waals surface area contributed by atoms with Crippen molar-refractivity contribution in [2.45, 2.75) is 44.9 Å². The van der Waals surface area contributed by atoms with Crippen molar-refractivity contribution in [3.05, 3.63) is 35.9 Å². The number of hydrogen-bond acceptors (Lipinski definition) is 2. The third-order valence-electron chi connectivity index (χ3n) is 4.38. The van der Waals surface area contributed by atoms with Gasteiger partial charge >= 0.3 is 0 Å². The molecule has 1 aliphatic rings. The van der Waals surface area contributed by atoms with Gasteiger partial charge in [0.2, 0.25) is 0 Å². The Morgan fingerprint density at radius 2 is 2.05 bits per heavy atom. The van der Waals surface area contributed by atoms with Crippen LogP contribution < -0.4 is 5.73 Å². The molecule has 0 aromatic heterocycles. The number of carbonyl (C=O) groups is 1. The number of carbonyl (C=O) groups excluding carboxylic acids is 1. The molecule has 0 aliphatic heterocycles. The highest BCUT2D eigenvalue weighted by molar-refractivity contribution is 5.85. The van der Waals surface area contributed by atoms with Gasteiger partial charge in [-0.05, 0) is 43.2 Å². The quantitative estimate of drug-likeness (QED) is 0.776. The third kappa shape index (κ3) is 3.90. The van der Waals surface area contributed by atoms with Crippen LogP contribution in [-0.4, -0.2) is 12.3 Å². The van der Waals surface area contributed by atoms with E-state index in [2.05, 4.69) is 31.2 Å². The molecular formula is C17H25NO. The molecule has 3 unspecified atom stereocenters. The predicted octanol–water partition coefficient (Wildman–Crippen LogP) is 3.51. The second kappa shape index (κ2) is 6.85. The maximum absolute atomic E-state index is 12.2. The Bertz CT molecular complexity index is 401. The Morgan fingerprint density at radius 1 is 1.32 bits per heavy atom. The van der Waals surface area contributed by atoms with Gasteiger partial charge < -0.3 is 5.73 Å². The summed E-state index contributed by atoms with van der Waals surface area (Å²) in [6, 6.07) is 10.4. The average Bonchev–Trinajstić information content (AvgIpc) is 3.24. The first-order valence-corrected chi connectivity index (χ1v) is 7.54. The third-order valence-corrected chi connectivity index (χ3v) is 4.38. The molecule has 1 fully saturated rings. The number of ketones is 1. The maximum Gasteiger partial charge on any atom is 0.136 e. The summed E-state index contributed by atoms with van der Waals surface area (Å²) in [5.41, 5.74) is 6.93. The lowest BCUT2D eigenvalue weighted by molar-refractivity contribution is -0.120. The topological polar surface area (TPSA) is 43.1 Å². The van der Waals surface area contributed by atoms with E-state index < -0.39 is 0 Å². The fourth-order valence-corrected chi connectivity index (χ4v) is 2.94. The molecule has 3 atom stereocenters. The molecule has 2 rings (SSSR count). The minimum absolute atomic E-state index is 0.290. The highest BCUT2D eigenvalue weighted by Crippen LogP contribution is 2.48. The van der Waals surface area contributed by atoms with E-state index in [1.165, 1.54) is 5.56 Å². The van der Waals surface area contributed by atoms with E-state index in [0.29, 0.717) is 17.6 Å². The van der Waals surface area contributed by atoms with Crippen molar-refractivity contribution in [1.29, 1.82) is 0 Å². The molecule has 1 aliphatic carbocycles. The normalized spacial score (nSPS) is 23.1. The number of nitrogens with two attached hydrogens (primary N) is 1. The first-order chi connectivity index (χ1) is 9.26. The van der Waals surface area contributed by atoms with Gasteiger partial charge in [0.05, 0.1) is 0 Å². The summed E-state index contributed by atoms with van der Waals surface area (Å²) in [7, 11) is 0. The van der Waals surface area contributed by atoms with Gasteiger partial charge in [0.15, 0.2) is 0 Å². The first kappa shape index (κ1) is 14.3. The van der Waals surface area contributed by atoms with Crippen LogP contribution >= 0.6 is 0 Å². The standard InChI is InChI=1S/C17H25NO/c1-2-13(10-11-18)8-9-17(19)16-12-15(16)14-6-4-3-5-7-14/h3-7,13,15-16H,2,8-12,18H2,1H3. The molecule has 1 saturated carbocycles. The van der Waals surface area contributed by atoms with Crippen LogP contribution in [0.4, 0.5) is 0 Å². The number of benzene rings is 1. The van der Waals surface area contributed by atoms with Gasteiger partial charge in [-0.1, -0.05) is 43.7 Å². The molecule has 0 saturated heterocycles. The van der Waals surface area contributed by atoms with Crippen LogP contribution in [0.5, 0.6) is 0 Å². The van der Waals surface area contributed by atoms with Gasteiger partial charge in [-0.15, -0.1) is 0 Å². The van der Waals surface area contributed by atoms with Gasteiger partial charge in [-0.2, -0.15) is 0 Å².